The molecule has 0 aromatic rings. The third kappa shape index (κ3) is 42.7. The molecule has 0 bridgehead atoms. The van der Waals surface area contributed by atoms with E-state index in [2.05, 4.69) is 92.1 Å². The topological polar surface area (TPSA) is 149 Å². The summed E-state index contributed by atoms with van der Waals surface area (Å²) in [5.41, 5.74) is 0. The number of rotatable bonds is 53. The highest BCUT2D eigenvalue weighted by Crippen LogP contribution is 2.23. The van der Waals surface area contributed by atoms with Crippen LogP contribution in [0, 0.1) is 0 Å². The predicted molar refractivity (Wildman–Crippen MR) is 313 cm³/mol. The molecule has 0 spiro atoms. The normalized spacial score (nSPS) is 19.5. The van der Waals surface area contributed by atoms with E-state index in [1.807, 2.05) is 0 Å². The van der Waals surface area contributed by atoms with Crippen molar-refractivity contribution in [3.63, 3.8) is 0 Å². The summed E-state index contributed by atoms with van der Waals surface area (Å²) in [5.74, 6) is -0.158. The van der Waals surface area contributed by atoms with Crippen molar-refractivity contribution in [1.82, 2.24) is 5.32 Å². The Hall–Kier alpha value is -2.37. The quantitative estimate of drug-likeness (QED) is 0.0261. The Morgan fingerprint density at radius 2 is 0.838 bits per heavy atom. The van der Waals surface area contributed by atoms with Gasteiger partial charge >= 0.3 is 0 Å². The molecule has 0 radical (unpaired) electrons. The van der Waals surface area contributed by atoms with E-state index in [0.717, 1.165) is 96.3 Å². The molecule has 74 heavy (non-hydrogen) atoms. The molecule has 1 heterocycles. The minimum absolute atomic E-state index is 0.147. The van der Waals surface area contributed by atoms with Crippen LogP contribution in [0.3, 0.4) is 0 Å². The van der Waals surface area contributed by atoms with E-state index in [1.165, 1.54) is 154 Å². The number of aliphatic hydroxyl groups is 5. The molecule has 430 valence electrons. The number of aliphatic hydroxyl groups excluding tert-OH is 5. The molecule has 0 saturated carbocycles. The van der Waals surface area contributed by atoms with E-state index in [0.29, 0.717) is 12.8 Å². The van der Waals surface area contributed by atoms with Crippen LogP contribution >= 0.6 is 0 Å². The van der Waals surface area contributed by atoms with Crippen molar-refractivity contribution in [2.45, 2.75) is 320 Å². The largest absolute Gasteiger partial charge is 0.394 e. The van der Waals surface area contributed by atoms with Crippen molar-refractivity contribution >= 4 is 5.91 Å². The minimum Gasteiger partial charge on any atom is -0.394 e. The maximum atomic E-state index is 13.1. The summed E-state index contributed by atoms with van der Waals surface area (Å²) in [5, 5.41) is 54.8. The zero-order chi connectivity index (χ0) is 53.6. The number of carbonyl (C=O) groups is 1. The van der Waals surface area contributed by atoms with Crippen LogP contribution in [0.5, 0.6) is 0 Å². The van der Waals surface area contributed by atoms with E-state index in [1.54, 1.807) is 0 Å². The van der Waals surface area contributed by atoms with Gasteiger partial charge in [-0.3, -0.25) is 4.79 Å². The SMILES string of the molecule is CC/C=C\C/C=C\C/C=C\C/C=C\C/C=C\C/C=C\CCCCCCCCC(=O)NC(COC1OC(CO)C(O)C(O)C1O)C(O)CCCCCCCCCCCCCCCCCCCCCCCCCCCC. The van der Waals surface area contributed by atoms with Crippen LogP contribution in [0.4, 0.5) is 0 Å². The summed E-state index contributed by atoms with van der Waals surface area (Å²) < 4.78 is 11.3. The molecular formula is C65H117NO8. The smallest absolute Gasteiger partial charge is 0.220 e. The van der Waals surface area contributed by atoms with E-state index in [9.17, 15) is 30.3 Å². The first-order valence-corrected chi connectivity index (χ1v) is 31.1. The van der Waals surface area contributed by atoms with Gasteiger partial charge in [-0.25, -0.2) is 0 Å². The Bertz CT molecular complexity index is 1390. The second-order valence-corrected chi connectivity index (χ2v) is 21.5. The second-order valence-electron chi connectivity index (χ2n) is 21.5. The molecule has 7 atom stereocenters. The number of unbranched alkanes of at least 4 members (excludes halogenated alkanes) is 31. The lowest BCUT2D eigenvalue weighted by atomic mass is 9.99. The van der Waals surface area contributed by atoms with Crippen LogP contribution in [0.25, 0.3) is 0 Å². The fraction of sp³-hybridized carbons (Fsp3) is 0.800. The Balaban J connectivity index is 2.20. The number of ether oxygens (including phenoxy) is 2. The molecule has 1 fully saturated rings. The summed E-state index contributed by atoms with van der Waals surface area (Å²) in [6.45, 7) is 3.74. The number of carbonyl (C=O) groups excluding carboxylic acids is 1. The first-order valence-electron chi connectivity index (χ1n) is 31.1. The van der Waals surface area contributed by atoms with Crippen LogP contribution in [0.15, 0.2) is 72.9 Å². The van der Waals surface area contributed by atoms with Crippen LogP contribution in [0.1, 0.15) is 277 Å². The highest BCUT2D eigenvalue weighted by molar-refractivity contribution is 5.76. The number of hydrogen-bond acceptors (Lipinski definition) is 8. The van der Waals surface area contributed by atoms with Gasteiger partial charge in [-0.1, -0.05) is 279 Å². The molecule has 1 amide bonds. The van der Waals surface area contributed by atoms with Gasteiger partial charge in [0.05, 0.1) is 25.4 Å². The second kappa shape index (κ2) is 54.0. The Labute approximate surface area is 455 Å². The minimum atomic E-state index is -1.56. The predicted octanol–water partition coefficient (Wildman–Crippen LogP) is 16.0. The van der Waals surface area contributed by atoms with E-state index in [-0.39, 0.29) is 12.5 Å². The summed E-state index contributed by atoms with van der Waals surface area (Å²) in [6.07, 6.45) is 67.9. The average molecular weight is 1040 g/mol. The Kier molecular flexibility index (Phi) is 50.8. The van der Waals surface area contributed by atoms with E-state index < -0.39 is 49.5 Å². The first-order chi connectivity index (χ1) is 36.3. The lowest BCUT2D eigenvalue weighted by Crippen LogP contribution is -2.60. The Morgan fingerprint density at radius 3 is 1.24 bits per heavy atom. The van der Waals surface area contributed by atoms with E-state index in [4.69, 9.17) is 9.47 Å². The van der Waals surface area contributed by atoms with Crippen molar-refractivity contribution in [3.05, 3.63) is 72.9 Å². The molecule has 1 aliphatic rings. The number of nitrogens with one attached hydrogen (secondary N) is 1. The number of amides is 1. The van der Waals surface area contributed by atoms with Crippen LogP contribution in [-0.4, -0.2) is 87.5 Å². The molecule has 0 aliphatic carbocycles. The third-order valence-corrected chi connectivity index (χ3v) is 14.6. The lowest BCUT2D eigenvalue weighted by Gasteiger charge is -2.40. The highest BCUT2D eigenvalue weighted by atomic mass is 16.7. The molecule has 0 aromatic heterocycles. The average Bonchev–Trinajstić information content (AvgIpc) is 3.40. The zero-order valence-electron chi connectivity index (χ0n) is 47.8. The molecule has 1 saturated heterocycles. The van der Waals surface area contributed by atoms with Crippen LogP contribution in [0.2, 0.25) is 0 Å². The van der Waals surface area contributed by atoms with Crippen molar-refractivity contribution < 1.29 is 39.8 Å². The summed E-state index contributed by atoms with van der Waals surface area (Å²) >= 11 is 0. The van der Waals surface area contributed by atoms with Gasteiger partial charge in [0, 0.05) is 6.42 Å². The Morgan fingerprint density at radius 1 is 0.473 bits per heavy atom. The first kappa shape index (κ1) is 69.6. The summed E-state index contributed by atoms with van der Waals surface area (Å²) in [4.78, 5) is 13.1. The zero-order valence-corrected chi connectivity index (χ0v) is 47.8. The summed E-state index contributed by atoms with van der Waals surface area (Å²) in [6, 6.07) is -0.733. The maximum Gasteiger partial charge on any atom is 0.220 e. The van der Waals surface area contributed by atoms with Crippen molar-refractivity contribution in [1.29, 1.82) is 0 Å². The molecule has 1 aliphatic heterocycles. The standard InChI is InChI=1S/C65H117NO8/c1-3-5-7-9-11-13-15-17-19-21-23-25-27-29-31-32-34-36-38-40-42-44-46-48-50-52-54-59(68)58(57-73-65-64(72)63(71)62(70)60(56-67)74-65)66-61(69)55-53-51-49-47-45-43-41-39-37-35-33-30-28-26-24-22-20-18-16-14-12-10-8-6-4-2/h6,8,12,14,18,20,24,26,30,33,37,39,58-60,62-65,67-68,70-72H,3-5,7,9-11,13,15-17,19,21-23,25,27-29,31-32,34-36,38,40-57H2,1-2H3,(H,66,69)/b8-6-,14-12-,20-18-,26-24-,33-30-,39-37-. The van der Waals surface area contributed by atoms with Gasteiger partial charge in [0.15, 0.2) is 6.29 Å². The number of allylic oxidation sites excluding steroid dienone is 12. The molecular weight excluding hydrogens is 923 g/mol. The molecule has 7 unspecified atom stereocenters. The van der Waals surface area contributed by atoms with Gasteiger partial charge in [0.2, 0.25) is 5.91 Å². The molecule has 0 aromatic carbocycles. The molecule has 9 nitrogen and oxygen atoms in total. The van der Waals surface area contributed by atoms with Crippen LogP contribution in [-0.2, 0) is 14.3 Å². The van der Waals surface area contributed by atoms with Gasteiger partial charge in [0.25, 0.3) is 0 Å². The van der Waals surface area contributed by atoms with Crippen LogP contribution < -0.4 is 5.32 Å². The van der Waals surface area contributed by atoms with Crippen molar-refractivity contribution in [2.75, 3.05) is 13.2 Å². The number of hydrogen-bond donors (Lipinski definition) is 6. The van der Waals surface area contributed by atoms with Gasteiger partial charge in [-0.05, 0) is 64.2 Å². The van der Waals surface area contributed by atoms with Crippen molar-refractivity contribution in [3.8, 4) is 0 Å². The fourth-order valence-electron chi connectivity index (χ4n) is 9.70. The monoisotopic (exact) mass is 1040 g/mol. The van der Waals surface area contributed by atoms with Gasteiger partial charge in [-0.15, -0.1) is 0 Å². The lowest BCUT2D eigenvalue weighted by molar-refractivity contribution is -0.302. The van der Waals surface area contributed by atoms with Gasteiger partial charge in [0.1, 0.15) is 24.4 Å². The molecule has 6 N–H and O–H groups in total. The third-order valence-electron chi connectivity index (χ3n) is 14.6. The van der Waals surface area contributed by atoms with Crippen molar-refractivity contribution in [2.24, 2.45) is 0 Å². The maximum absolute atomic E-state index is 13.1. The van der Waals surface area contributed by atoms with Gasteiger partial charge in [-0.2, -0.15) is 0 Å². The summed E-state index contributed by atoms with van der Waals surface area (Å²) in [7, 11) is 0. The highest BCUT2D eigenvalue weighted by Gasteiger charge is 2.44. The van der Waals surface area contributed by atoms with Gasteiger partial charge < -0.3 is 40.3 Å². The molecule has 9 heteroatoms. The fourth-order valence-corrected chi connectivity index (χ4v) is 9.70. The molecule has 1 rings (SSSR count). The van der Waals surface area contributed by atoms with E-state index >= 15 is 0 Å².